The number of hydrogen-bond donors (Lipinski definition) is 1. The molecule has 0 unspecified atom stereocenters. The molecule has 0 aliphatic carbocycles. The summed E-state index contributed by atoms with van der Waals surface area (Å²) in [6.45, 7) is 0. The summed E-state index contributed by atoms with van der Waals surface area (Å²) < 4.78 is 41.8. The molecule has 0 saturated heterocycles. The summed E-state index contributed by atoms with van der Waals surface area (Å²) in [5.74, 6) is 0.152. The number of rotatable bonds is 1. The maximum Gasteiger partial charge on any atom is 0.416 e. The molecular formula is C10H6ClF3N2O. The number of benzene rings is 1. The Morgan fingerprint density at radius 3 is 2.18 bits per heavy atom. The van der Waals surface area contributed by atoms with Gasteiger partial charge in [-0.1, -0.05) is 28.9 Å². The molecule has 2 rings (SSSR count). The Bertz CT molecular complexity index is 533. The van der Waals surface area contributed by atoms with E-state index in [1.165, 1.54) is 12.1 Å². The van der Waals surface area contributed by atoms with Crippen molar-refractivity contribution < 1.29 is 17.7 Å². The average molecular weight is 263 g/mol. The Morgan fingerprint density at radius 2 is 1.76 bits per heavy atom. The average Bonchev–Trinajstić information content (AvgIpc) is 2.59. The van der Waals surface area contributed by atoms with E-state index >= 15 is 0 Å². The van der Waals surface area contributed by atoms with Crippen molar-refractivity contribution in [2.75, 3.05) is 5.73 Å². The first-order chi connectivity index (χ1) is 7.89. The van der Waals surface area contributed by atoms with Crippen molar-refractivity contribution in [3.8, 4) is 11.3 Å². The molecule has 0 spiro atoms. The van der Waals surface area contributed by atoms with Gasteiger partial charge in [-0.3, -0.25) is 0 Å². The Labute approximate surface area is 99.0 Å². The fraction of sp³-hybridized carbons (Fsp3) is 0.100. The highest BCUT2D eigenvalue weighted by molar-refractivity contribution is 6.35. The molecule has 0 fully saturated rings. The zero-order chi connectivity index (χ0) is 12.6. The van der Waals surface area contributed by atoms with Gasteiger partial charge in [0.2, 0.25) is 0 Å². The van der Waals surface area contributed by atoms with E-state index in [1.54, 1.807) is 0 Å². The van der Waals surface area contributed by atoms with E-state index < -0.39 is 11.7 Å². The number of nitrogens with two attached hydrogens (primary N) is 1. The van der Waals surface area contributed by atoms with Gasteiger partial charge < -0.3 is 10.3 Å². The molecule has 0 aliphatic heterocycles. The van der Waals surface area contributed by atoms with Crippen LogP contribution in [0.5, 0.6) is 0 Å². The molecule has 0 amide bonds. The predicted octanol–water partition coefficient (Wildman–Crippen LogP) is 3.60. The minimum atomic E-state index is -4.37. The van der Waals surface area contributed by atoms with Crippen LogP contribution in [0, 0.1) is 0 Å². The second kappa shape index (κ2) is 3.96. The standard InChI is InChI=1S/C10H6ClF3N2O/c11-7-8(17-16-9(7)15)5-1-3-6(4-2-5)10(12,13)14/h1-4H,(H2,15,16). The predicted molar refractivity (Wildman–Crippen MR) is 56.4 cm³/mol. The van der Waals surface area contributed by atoms with Gasteiger partial charge in [0.05, 0.1) is 5.56 Å². The first-order valence-corrected chi connectivity index (χ1v) is 4.85. The van der Waals surface area contributed by atoms with Crippen molar-refractivity contribution in [3.63, 3.8) is 0 Å². The first-order valence-electron chi connectivity index (χ1n) is 4.48. The van der Waals surface area contributed by atoms with Gasteiger partial charge in [0.25, 0.3) is 0 Å². The molecule has 0 atom stereocenters. The largest absolute Gasteiger partial charge is 0.416 e. The van der Waals surface area contributed by atoms with E-state index in [2.05, 4.69) is 5.16 Å². The quantitative estimate of drug-likeness (QED) is 0.854. The Hall–Kier alpha value is -1.69. The van der Waals surface area contributed by atoms with E-state index in [-0.39, 0.29) is 16.6 Å². The summed E-state index contributed by atoms with van der Waals surface area (Å²) in [6.07, 6.45) is -4.37. The van der Waals surface area contributed by atoms with Gasteiger partial charge >= 0.3 is 6.18 Å². The molecule has 3 nitrogen and oxygen atoms in total. The Morgan fingerprint density at radius 1 is 1.18 bits per heavy atom. The molecule has 1 heterocycles. The molecule has 0 aliphatic rings. The molecule has 2 N–H and O–H groups in total. The normalized spacial score (nSPS) is 11.8. The van der Waals surface area contributed by atoms with Crippen LogP contribution in [0.1, 0.15) is 5.56 Å². The van der Waals surface area contributed by atoms with Crippen LogP contribution in [-0.2, 0) is 6.18 Å². The first kappa shape index (κ1) is 11.8. The summed E-state index contributed by atoms with van der Waals surface area (Å²) in [7, 11) is 0. The Balaban J connectivity index is 2.40. The molecule has 1 aromatic heterocycles. The number of anilines is 1. The lowest BCUT2D eigenvalue weighted by molar-refractivity contribution is -0.137. The third-order valence-corrected chi connectivity index (χ3v) is 2.50. The van der Waals surface area contributed by atoms with Crippen LogP contribution in [0.3, 0.4) is 0 Å². The van der Waals surface area contributed by atoms with E-state index in [0.717, 1.165) is 12.1 Å². The summed E-state index contributed by atoms with van der Waals surface area (Å²) >= 11 is 5.77. The lowest BCUT2D eigenvalue weighted by atomic mass is 10.1. The van der Waals surface area contributed by atoms with Crippen molar-refractivity contribution in [2.24, 2.45) is 0 Å². The molecule has 0 radical (unpaired) electrons. The monoisotopic (exact) mass is 262 g/mol. The van der Waals surface area contributed by atoms with Crippen LogP contribution < -0.4 is 5.73 Å². The van der Waals surface area contributed by atoms with Gasteiger partial charge in [0, 0.05) is 5.56 Å². The van der Waals surface area contributed by atoms with E-state index in [4.69, 9.17) is 21.9 Å². The fourth-order valence-corrected chi connectivity index (χ4v) is 1.46. The highest BCUT2D eigenvalue weighted by Gasteiger charge is 2.30. The number of nitrogens with zero attached hydrogens (tertiary/aromatic N) is 1. The van der Waals surface area contributed by atoms with Crippen LogP contribution in [0.25, 0.3) is 11.3 Å². The smallest absolute Gasteiger partial charge is 0.380 e. The van der Waals surface area contributed by atoms with Crippen LogP contribution in [0.15, 0.2) is 28.8 Å². The van der Waals surface area contributed by atoms with Gasteiger partial charge in [-0.05, 0) is 12.1 Å². The van der Waals surface area contributed by atoms with E-state index in [9.17, 15) is 13.2 Å². The molecule has 7 heteroatoms. The highest BCUT2D eigenvalue weighted by atomic mass is 35.5. The van der Waals surface area contributed by atoms with Crippen molar-refractivity contribution in [1.82, 2.24) is 5.16 Å². The molecule has 2 aromatic rings. The van der Waals surface area contributed by atoms with E-state index in [0.29, 0.717) is 5.56 Å². The molecule has 1 aromatic carbocycles. The van der Waals surface area contributed by atoms with Crippen molar-refractivity contribution in [2.45, 2.75) is 6.18 Å². The lowest BCUT2D eigenvalue weighted by Gasteiger charge is -2.06. The molecule has 90 valence electrons. The van der Waals surface area contributed by atoms with Crippen LogP contribution in [0.2, 0.25) is 5.02 Å². The number of aromatic nitrogens is 1. The molecular weight excluding hydrogens is 257 g/mol. The molecule has 0 bridgehead atoms. The zero-order valence-corrected chi connectivity index (χ0v) is 9.01. The fourth-order valence-electron chi connectivity index (χ4n) is 1.28. The minimum absolute atomic E-state index is 0.00145. The van der Waals surface area contributed by atoms with Crippen molar-refractivity contribution >= 4 is 17.4 Å². The van der Waals surface area contributed by atoms with Gasteiger partial charge in [0.1, 0.15) is 5.02 Å². The third-order valence-electron chi connectivity index (χ3n) is 2.13. The topological polar surface area (TPSA) is 52.0 Å². The number of hydrogen-bond acceptors (Lipinski definition) is 3. The van der Waals surface area contributed by atoms with Crippen LogP contribution in [0.4, 0.5) is 19.0 Å². The van der Waals surface area contributed by atoms with Crippen LogP contribution >= 0.6 is 11.6 Å². The molecule has 17 heavy (non-hydrogen) atoms. The number of alkyl halides is 3. The maximum absolute atomic E-state index is 12.3. The second-order valence-electron chi connectivity index (χ2n) is 3.29. The Kier molecular flexibility index (Phi) is 2.74. The van der Waals surface area contributed by atoms with Crippen molar-refractivity contribution in [3.05, 3.63) is 34.9 Å². The summed E-state index contributed by atoms with van der Waals surface area (Å²) in [6, 6.07) is 4.36. The van der Waals surface area contributed by atoms with Gasteiger partial charge in [-0.15, -0.1) is 0 Å². The second-order valence-corrected chi connectivity index (χ2v) is 3.66. The van der Waals surface area contributed by atoms with E-state index in [1.807, 2.05) is 0 Å². The summed E-state index contributed by atoms with van der Waals surface area (Å²) in [4.78, 5) is 0. The van der Waals surface area contributed by atoms with Crippen LogP contribution in [-0.4, -0.2) is 5.16 Å². The number of halogens is 4. The molecule has 0 saturated carbocycles. The van der Waals surface area contributed by atoms with Gasteiger partial charge in [-0.2, -0.15) is 13.2 Å². The number of nitrogen functional groups attached to an aromatic ring is 1. The van der Waals surface area contributed by atoms with Crippen molar-refractivity contribution in [1.29, 1.82) is 0 Å². The van der Waals surface area contributed by atoms with Gasteiger partial charge in [0.15, 0.2) is 11.6 Å². The lowest BCUT2D eigenvalue weighted by Crippen LogP contribution is -2.03. The summed E-state index contributed by atoms with van der Waals surface area (Å²) in [5, 5.41) is 3.50. The maximum atomic E-state index is 12.3. The minimum Gasteiger partial charge on any atom is -0.380 e. The summed E-state index contributed by atoms with van der Waals surface area (Å²) in [5.41, 5.74) is 5.00. The zero-order valence-electron chi connectivity index (χ0n) is 8.25. The third kappa shape index (κ3) is 2.21. The van der Waals surface area contributed by atoms with Gasteiger partial charge in [-0.25, -0.2) is 0 Å². The highest BCUT2D eigenvalue weighted by Crippen LogP contribution is 2.34. The SMILES string of the molecule is Nc1noc(-c2ccc(C(F)(F)F)cc2)c1Cl.